The van der Waals surface area contributed by atoms with Crippen molar-refractivity contribution in [3.05, 3.63) is 58.6 Å². The Bertz CT molecular complexity index is 608. The lowest BCUT2D eigenvalue weighted by Gasteiger charge is -2.11. The summed E-state index contributed by atoms with van der Waals surface area (Å²) in [6.45, 7) is -0.0983. The van der Waals surface area contributed by atoms with E-state index in [2.05, 4.69) is 0 Å². The van der Waals surface area contributed by atoms with Crippen LogP contribution in [0.5, 0.6) is 0 Å². The van der Waals surface area contributed by atoms with Gasteiger partial charge in [-0.2, -0.15) is 0 Å². The average Bonchev–Trinajstić information content (AvgIpc) is 2.46. The number of hydrogen-bond donors (Lipinski definition) is 1. The second kappa shape index (κ2) is 5.87. The van der Waals surface area contributed by atoms with Gasteiger partial charge in [-0.15, -0.1) is 0 Å². The maximum absolute atomic E-state index is 11.8. The van der Waals surface area contributed by atoms with Crippen molar-refractivity contribution >= 4 is 17.6 Å². The van der Waals surface area contributed by atoms with E-state index >= 15 is 0 Å². The lowest BCUT2D eigenvalue weighted by atomic mass is 9.97. The predicted molar refractivity (Wildman–Crippen MR) is 74.2 cm³/mol. The number of esters is 1. The molecule has 2 aromatic rings. The Morgan fingerprint density at radius 1 is 1.21 bits per heavy atom. The summed E-state index contributed by atoms with van der Waals surface area (Å²) in [6, 6.07) is 12.3. The van der Waals surface area contributed by atoms with Crippen LogP contribution < -0.4 is 0 Å². The first kappa shape index (κ1) is 13.6. The normalized spacial score (nSPS) is 10.3. The van der Waals surface area contributed by atoms with Crippen LogP contribution in [0.3, 0.4) is 0 Å². The van der Waals surface area contributed by atoms with Gasteiger partial charge in [0.25, 0.3) is 0 Å². The molecule has 1 N–H and O–H groups in total. The van der Waals surface area contributed by atoms with E-state index in [1.54, 1.807) is 24.3 Å². The molecule has 0 fully saturated rings. The van der Waals surface area contributed by atoms with Crippen LogP contribution in [0.15, 0.2) is 42.5 Å². The number of halogens is 1. The lowest BCUT2D eigenvalue weighted by Crippen LogP contribution is -2.04. The summed E-state index contributed by atoms with van der Waals surface area (Å²) < 4.78 is 4.77. The summed E-state index contributed by atoms with van der Waals surface area (Å²) in [6.07, 6.45) is 0. The molecule has 0 spiro atoms. The van der Waals surface area contributed by atoms with E-state index in [0.29, 0.717) is 21.7 Å². The van der Waals surface area contributed by atoms with Gasteiger partial charge >= 0.3 is 5.97 Å². The third kappa shape index (κ3) is 2.78. The quantitative estimate of drug-likeness (QED) is 0.875. The van der Waals surface area contributed by atoms with Crippen LogP contribution in [-0.2, 0) is 11.3 Å². The molecule has 0 bridgehead atoms. The van der Waals surface area contributed by atoms with Gasteiger partial charge in [0, 0.05) is 10.6 Å². The number of rotatable bonds is 3. The SMILES string of the molecule is COC(=O)c1ccc(CO)cc1-c1ccccc1Cl. The van der Waals surface area contributed by atoms with Crippen LogP contribution in [-0.4, -0.2) is 18.2 Å². The standard InChI is InChI=1S/C15H13ClO3/c1-19-15(18)12-7-6-10(9-17)8-13(12)11-4-2-3-5-14(11)16/h2-8,17H,9H2,1H3. The van der Waals surface area contributed by atoms with Crippen LogP contribution >= 0.6 is 11.6 Å². The van der Waals surface area contributed by atoms with Crippen molar-refractivity contribution in [3.63, 3.8) is 0 Å². The monoisotopic (exact) mass is 276 g/mol. The first-order valence-corrected chi connectivity index (χ1v) is 6.12. The van der Waals surface area contributed by atoms with Crippen molar-refractivity contribution in [2.75, 3.05) is 7.11 Å². The van der Waals surface area contributed by atoms with Crippen LogP contribution in [0.1, 0.15) is 15.9 Å². The Morgan fingerprint density at radius 2 is 1.95 bits per heavy atom. The van der Waals surface area contributed by atoms with Crippen molar-refractivity contribution in [2.24, 2.45) is 0 Å². The van der Waals surface area contributed by atoms with Crippen molar-refractivity contribution < 1.29 is 14.6 Å². The third-order valence-electron chi connectivity index (χ3n) is 2.84. The van der Waals surface area contributed by atoms with Gasteiger partial charge in [0.2, 0.25) is 0 Å². The van der Waals surface area contributed by atoms with Gasteiger partial charge in [-0.3, -0.25) is 0 Å². The van der Waals surface area contributed by atoms with Gasteiger partial charge in [0.15, 0.2) is 0 Å². The number of hydrogen-bond acceptors (Lipinski definition) is 3. The first-order valence-electron chi connectivity index (χ1n) is 5.74. The summed E-state index contributed by atoms with van der Waals surface area (Å²) in [5.41, 5.74) is 2.53. The minimum Gasteiger partial charge on any atom is -0.465 e. The first-order chi connectivity index (χ1) is 9.17. The van der Waals surface area contributed by atoms with Gasteiger partial charge in [0.1, 0.15) is 0 Å². The molecule has 0 amide bonds. The highest BCUT2D eigenvalue weighted by Crippen LogP contribution is 2.31. The Labute approximate surface area is 116 Å². The number of aliphatic hydroxyl groups excluding tert-OH is 1. The highest BCUT2D eigenvalue weighted by atomic mass is 35.5. The van der Waals surface area contributed by atoms with Crippen LogP contribution in [0.2, 0.25) is 5.02 Å². The molecule has 0 aliphatic rings. The fraction of sp³-hybridized carbons (Fsp3) is 0.133. The van der Waals surface area contributed by atoms with Crippen molar-refractivity contribution in [1.29, 1.82) is 0 Å². The van der Waals surface area contributed by atoms with E-state index in [1.807, 2.05) is 18.2 Å². The number of aliphatic hydroxyl groups is 1. The molecule has 3 nitrogen and oxygen atoms in total. The molecular formula is C15H13ClO3. The maximum Gasteiger partial charge on any atom is 0.338 e. The van der Waals surface area contributed by atoms with E-state index < -0.39 is 5.97 Å². The Hall–Kier alpha value is -1.84. The van der Waals surface area contributed by atoms with Crippen molar-refractivity contribution in [1.82, 2.24) is 0 Å². The molecule has 0 radical (unpaired) electrons. The molecular weight excluding hydrogens is 264 g/mol. The molecule has 2 aromatic carbocycles. The highest BCUT2D eigenvalue weighted by molar-refractivity contribution is 6.33. The molecule has 98 valence electrons. The maximum atomic E-state index is 11.8. The molecule has 0 aromatic heterocycles. The molecule has 0 unspecified atom stereocenters. The lowest BCUT2D eigenvalue weighted by molar-refractivity contribution is 0.0601. The zero-order valence-electron chi connectivity index (χ0n) is 10.4. The van der Waals surface area contributed by atoms with Crippen LogP contribution in [0, 0.1) is 0 Å². The van der Waals surface area contributed by atoms with Gasteiger partial charge in [-0.25, -0.2) is 4.79 Å². The zero-order chi connectivity index (χ0) is 13.8. The van der Waals surface area contributed by atoms with Crippen LogP contribution in [0.25, 0.3) is 11.1 Å². The van der Waals surface area contributed by atoms with Gasteiger partial charge in [0.05, 0.1) is 19.3 Å². The fourth-order valence-corrected chi connectivity index (χ4v) is 2.12. The second-order valence-corrected chi connectivity index (χ2v) is 4.42. The minimum atomic E-state index is -0.431. The number of carbonyl (C=O) groups is 1. The molecule has 0 heterocycles. The summed E-state index contributed by atoms with van der Waals surface area (Å²) >= 11 is 6.16. The molecule has 0 saturated carbocycles. The summed E-state index contributed by atoms with van der Waals surface area (Å²) in [7, 11) is 1.33. The average molecular weight is 277 g/mol. The smallest absolute Gasteiger partial charge is 0.338 e. The molecule has 2 rings (SSSR count). The Balaban J connectivity index is 2.65. The third-order valence-corrected chi connectivity index (χ3v) is 3.17. The molecule has 0 saturated heterocycles. The molecule has 19 heavy (non-hydrogen) atoms. The number of methoxy groups -OCH3 is 1. The molecule has 0 atom stereocenters. The zero-order valence-corrected chi connectivity index (χ0v) is 11.1. The Morgan fingerprint density at radius 3 is 2.58 bits per heavy atom. The van der Waals surface area contributed by atoms with Crippen molar-refractivity contribution in [3.8, 4) is 11.1 Å². The number of carbonyl (C=O) groups excluding carboxylic acids is 1. The van der Waals surface area contributed by atoms with E-state index in [0.717, 1.165) is 5.56 Å². The molecule has 0 aliphatic carbocycles. The summed E-state index contributed by atoms with van der Waals surface area (Å²) in [5, 5.41) is 9.76. The topological polar surface area (TPSA) is 46.5 Å². The van der Waals surface area contributed by atoms with Crippen molar-refractivity contribution in [2.45, 2.75) is 6.61 Å². The predicted octanol–water partition coefficient (Wildman–Crippen LogP) is 3.29. The number of benzene rings is 2. The molecule has 0 aliphatic heterocycles. The van der Waals surface area contributed by atoms with E-state index in [4.69, 9.17) is 16.3 Å². The van der Waals surface area contributed by atoms with E-state index in [1.165, 1.54) is 7.11 Å². The largest absolute Gasteiger partial charge is 0.465 e. The van der Waals surface area contributed by atoms with Gasteiger partial charge in [-0.1, -0.05) is 35.9 Å². The fourth-order valence-electron chi connectivity index (χ4n) is 1.88. The van der Waals surface area contributed by atoms with Gasteiger partial charge < -0.3 is 9.84 Å². The van der Waals surface area contributed by atoms with E-state index in [-0.39, 0.29) is 6.61 Å². The number of ether oxygens (including phenoxy) is 1. The van der Waals surface area contributed by atoms with Gasteiger partial charge in [-0.05, 0) is 29.3 Å². The molecule has 4 heteroatoms. The second-order valence-electron chi connectivity index (χ2n) is 4.01. The highest BCUT2D eigenvalue weighted by Gasteiger charge is 2.15. The summed E-state index contributed by atoms with van der Waals surface area (Å²) in [5.74, 6) is -0.431. The summed E-state index contributed by atoms with van der Waals surface area (Å²) in [4.78, 5) is 11.8. The van der Waals surface area contributed by atoms with Crippen LogP contribution in [0.4, 0.5) is 0 Å². The van der Waals surface area contributed by atoms with E-state index in [9.17, 15) is 9.90 Å². The Kier molecular flexibility index (Phi) is 4.20. The minimum absolute atomic E-state index is 0.0983.